The number of hydrogen-bond donors (Lipinski definition) is 3. The Kier molecular flexibility index (Phi) is 6.59. The van der Waals surface area contributed by atoms with Crippen molar-refractivity contribution < 1.29 is 25.9 Å². The molecule has 2 aromatic carbocycles. The van der Waals surface area contributed by atoms with Crippen LogP contribution in [0.2, 0.25) is 0 Å². The summed E-state index contributed by atoms with van der Waals surface area (Å²) in [5.41, 5.74) is 0.338. The van der Waals surface area contributed by atoms with E-state index in [9.17, 15) is 21.4 Å². The van der Waals surface area contributed by atoms with E-state index in [1.165, 1.54) is 36.4 Å². The summed E-state index contributed by atoms with van der Waals surface area (Å²) in [6.07, 6.45) is 0. The number of benzene rings is 2. The molecule has 0 aromatic heterocycles. The molecule has 2 aromatic rings. The van der Waals surface area contributed by atoms with Gasteiger partial charge < -0.3 is 0 Å². The van der Waals surface area contributed by atoms with E-state index in [0.717, 1.165) is 0 Å². The molecule has 0 amide bonds. The van der Waals surface area contributed by atoms with Crippen LogP contribution in [0.5, 0.6) is 0 Å². The topological polar surface area (TPSA) is 124 Å². The van der Waals surface area contributed by atoms with Crippen molar-refractivity contribution in [2.24, 2.45) is 0 Å². The summed E-state index contributed by atoms with van der Waals surface area (Å²) in [7, 11) is -9.00. The molecule has 0 radical (unpaired) electrons. The van der Waals surface area contributed by atoms with E-state index in [0.29, 0.717) is 4.31 Å². The van der Waals surface area contributed by atoms with Crippen molar-refractivity contribution in [2.75, 3.05) is 9.03 Å². The molecule has 8 nitrogen and oxygen atoms in total. The number of anilines is 3. The molecule has 0 aliphatic carbocycles. The van der Waals surface area contributed by atoms with Gasteiger partial charge in [-0.2, -0.15) is 16.8 Å². The molecular formula is C12H13N2NaO6S2. The van der Waals surface area contributed by atoms with Crippen LogP contribution in [0.25, 0.3) is 0 Å². The molecule has 120 valence electrons. The molecule has 0 bridgehead atoms. The monoisotopic (exact) mass is 368 g/mol. The van der Waals surface area contributed by atoms with E-state index in [1.54, 1.807) is 18.2 Å². The van der Waals surface area contributed by atoms with Crippen molar-refractivity contribution in [1.29, 1.82) is 0 Å². The van der Waals surface area contributed by atoms with Crippen LogP contribution in [0.15, 0.2) is 54.6 Å². The first-order valence-electron chi connectivity index (χ1n) is 5.85. The van der Waals surface area contributed by atoms with E-state index < -0.39 is 20.6 Å². The maximum absolute atomic E-state index is 11.6. The second kappa shape index (κ2) is 7.62. The molecule has 23 heavy (non-hydrogen) atoms. The van der Waals surface area contributed by atoms with Crippen LogP contribution < -0.4 is 9.03 Å². The van der Waals surface area contributed by atoms with Gasteiger partial charge in [0, 0.05) is 0 Å². The van der Waals surface area contributed by atoms with Gasteiger partial charge in [0.05, 0.1) is 17.1 Å². The van der Waals surface area contributed by atoms with E-state index in [2.05, 4.69) is 0 Å². The first kappa shape index (κ1) is 19.9. The van der Waals surface area contributed by atoms with Crippen molar-refractivity contribution in [1.82, 2.24) is 0 Å². The standard InChI is InChI=1S/C12H12N2O6S2.Na.H/c15-21(16,17)13-10-6-8-12(9-7-10)14(22(18,19)20)11-4-2-1-3-5-11;;/h1-9,13H,(H,15,16,17)(H,18,19,20);;. The summed E-state index contributed by atoms with van der Waals surface area (Å²) >= 11 is 0. The van der Waals surface area contributed by atoms with Gasteiger partial charge in [-0.1, -0.05) is 18.2 Å². The molecular weight excluding hydrogens is 355 g/mol. The Morgan fingerprint density at radius 2 is 1.26 bits per heavy atom. The number of para-hydroxylation sites is 1. The molecule has 0 spiro atoms. The van der Waals surface area contributed by atoms with Crippen LogP contribution in [0.3, 0.4) is 0 Å². The Balaban J connectivity index is 0.00000264. The van der Waals surface area contributed by atoms with Crippen molar-refractivity contribution in [3.05, 3.63) is 54.6 Å². The van der Waals surface area contributed by atoms with Crippen molar-refractivity contribution in [2.45, 2.75) is 0 Å². The van der Waals surface area contributed by atoms with E-state index in [-0.39, 0.29) is 46.6 Å². The molecule has 0 heterocycles. The van der Waals surface area contributed by atoms with Crippen molar-refractivity contribution in [3.63, 3.8) is 0 Å². The number of rotatable bonds is 5. The fourth-order valence-corrected chi connectivity index (χ4v) is 3.00. The van der Waals surface area contributed by atoms with Gasteiger partial charge in [-0.05, 0) is 36.4 Å². The predicted molar refractivity (Wildman–Crippen MR) is 88.9 cm³/mol. The summed E-state index contributed by atoms with van der Waals surface area (Å²) in [5.74, 6) is 0. The van der Waals surface area contributed by atoms with Gasteiger partial charge in [0.25, 0.3) is 0 Å². The minimum absolute atomic E-state index is 0. The Labute approximate surface area is 156 Å². The molecule has 0 aliphatic heterocycles. The third-order valence-electron chi connectivity index (χ3n) is 2.57. The first-order valence-corrected chi connectivity index (χ1v) is 8.68. The summed E-state index contributed by atoms with van der Waals surface area (Å²) in [5, 5.41) is 0. The molecule has 0 aliphatic rings. The quantitative estimate of drug-likeness (QED) is 0.538. The van der Waals surface area contributed by atoms with Crippen LogP contribution in [0.4, 0.5) is 17.1 Å². The summed E-state index contributed by atoms with van der Waals surface area (Å²) in [6.45, 7) is 0. The van der Waals surface area contributed by atoms with E-state index in [1.807, 2.05) is 4.72 Å². The minimum atomic E-state index is -4.57. The third-order valence-corrected chi connectivity index (χ3v) is 3.95. The Hall–Kier alpha value is -1.14. The van der Waals surface area contributed by atoms with Gasteiger partial charge in [-0.3, -0.25) is 13.8 Å². The maximum atomic E-state index is 11.6. The van der Waals surface area contributed by atoms with Crippen LogP contribution in [-0.2, 0) is 20.6 Å². The fourth-order valence-electron chi connectivity index (χ4n) is 1.79. The average molecular weight is 368 g/mol. The van der Waals surface area contributed by atoms with E-state index in [4.69, 9.17) is 4.55 Å². The predicted octanol–water partition coefficient (Wildman–Crippen LogP) is 1.19. The zero-order valence-electron chi connectivity index (χ0n) is 11.0. The summed E-state index contributed by atoms with van der Waals surface area (Å²) in [6, 6.07) is 12.9. The summed E-state index contributed by atoms with van der Waals surface area (Å²) in [4.78, 5) is 0. The second-order valence-electron chi connectivity index (χ2n) is 4.20. The first-order chi connectivity index (χ1) is 10.2. The molecule has 0 unspecified atom stereocenters. The van der Waals surface area contributed by atoms with Crippen molar-refractivity contribution >= 4 is 67.2 Å². The van der Waals surface area contributed by atoms with Crippen LogP contribution in [0, 0.1) is 0 Å². The Morgan fingerprint density at radius 3 is 1.70 bits per heavy atom. The molecule has 0 atom stereocenters. The number of nitrogens with one attached hydrogen (secondary N) is 1. The zero-order chi connectivity index (χ0) is 16.4. The van der Waals surface area contributed by atoms with Crippen molar-refractivity contribution in [3.8, 4) is 0 Å². The SMILES string of the molecule is O=S(=O)(O)Nc1ccc(N(c2ccccc2)S(=O)(=O)O)cc1.[NaH]. The van der Waals surface area contributed by atoms with Gasteiger partial charge in [-0.15, -0.1) is 0 Å². The normalized spacial score (nSPS) is 11.4. The third kappa shape index (κ3) is 5.77. The molecule has 3 N–H and O–H groups in total. The molecule has 0 fully saturated rings. The van der Waals surface area contributed by atoms with E-state index >= 15 is 0 Å². The van der Waals surface area contributed by atoms with Gasteiger partial charge >= 0.3 is 50.2 Å². The van der Waals surface area contributed by atoms with Gasteiger partial charge in [-0.25, -0.2) is 4.31 Å². The Morgan fingerprint density at radius 1 is 0.783 bits per heavy atom. The van der Waals surface area contributed by atoms with Gasteiger partial charge in [0.2, 0.25) is 0 Å². The zero-order valence-corrected chi connectivity index (χ0v) is 12.6. The summed E-state index contributed by atoms with van der Waals surface area (Å²) < 4.78 is 65.1. The molecule has 11 heteroatoms. The molecule has 2 rings (SSSR count). The molecule has 0 saturated heterocycles. The average Bonchev–Trinajstić information content (AvgIpc) is 2.39. The molecule has 0 saturated carbocycles. The Bertz CT molecular complexity index is 854. The van der Waals surface area contributed by atoms with Crippen LogP contribution in [0.1, 0.15) is 0 Å². The van der Waals surface area contributed by atoms with Crippen LogP contribution >= 0.6 is 0 Å². The van der Waals surface area contributed by atoms with Gasteiger partial charge in [0.1, 0.15) is 0 Å². The fraction of sp³-hybridized carbons (Fsp3) is 0. The van der Waals surface area contributed by atoms with Crippen LogP contribution in [-0.4, -0.2) is 55.5 Å². The van der Waals surface area contributed by atoms with Gasteiger partial charge in [0.15, 0.2) is 0 Å². The number of hydrogen-bond acceptors (Lipinski definition) is 4. The second-order valence-corrected chi connectivity index (χ2v) is 6.62. The number of nitrogens with zero attached hydrogens (tertiary/aromatic N) is 1.